The highest BCUT2D eigenvalue weighted by atomic mass is 16.5. The van der Waals surface area contributed by atoms with Crippen LogP contribution in [0.3, 0.4) is 0 Å². The van der Waals surface area contributed by atoms with E-state index in [9.17, 15) is 14.7 Å². The average Bonchev–Trinajstić information content (AvgIpc) is 2.73. The molecule has 0 atom stereocenters. The summed E-state index contributed by atoms with van der Waals surface area (Å²) in [4.78, 5) is 27.0. The van der Waals surface area contributed by atoms with Crippen molar-refractivity contribution in [3.63, 3.8) is 0 Å². The number of hydrogen-bond donors (Lipinski definition) is 2. The van der Waals surface area contributed by atoms with Crippen LogP contribution in [-0.2, 0) is 6.54 Å². The molecule has 2 N–H and O–H groups in total. The van der Waals surface area contributed by atoms with E-state index < -0.39 is 0 Å². The fourth-order valence-corrected chi connectivity index (χ4v) is 3.89. The molecule has 1 heterocycles. The maximum absolute atomic E-state index is 13.2. The minimum atomic E-state index is -0.333. The molecule has 0 bridgehead atoms. The Morgan fingerprint density at radius 3 is 2.77 bits per heavy atom. The van der Waals surface area contributed by atoms with Crippen LogP contribution in [0, 0.1) is 5.92 Å². The van der Waals surface area contributed by atoms with Crippen LogP contribution in [0.15, 0.2) is 33.7 Å². The molecular formula is C23H32N2O5. The van der Waals surface area contributed by atoms with Crippen molar-refractivity contribution in [3.05, 3.63) is 40.2 Å². The van der Waals surface area contributed by atoms with Gasteiger partial charge in [0.25, 0.3) is 0 Å². The number of nitrogens with zero attached hydrogens (tertiary/aromatic N) is 1. The molecule has 3 rings (SSSR count). The summed E-state index contributed by atoms with van der Waals surface area (Å²) in [7, 11) is 0. The van der Waals surface area contributed by atoms with Gasteiger partial charge in [0.2, 0.25) is 5.43 Å². The summed E-state index contributed by atoms with van der Waals surface area (Å²) in [6.07, 6.45) is 7.45. The lowest BCUT2D eigenvalue weighted by molar-refractivity contribution is 0.171. The molecule has 30 heavy (non-hydrogen) atoms. The van der Waals surface area contributed by atoms with Gasteiger partial charge in [-0.05, 0) is 44.7 Å². The highest BCUT2D eigenvalue weighted by molar-refractivity contribution is 5.83. The first kappa shape index (κ1) is 22.2. The van der Waals surface area contributed by atoms with E-state index in [1.165, 1.54) is 30.4 Å². The monoisotopic (exact) mass is 416 g/mol. The van der Waals surface area contributed by atoms with E-state index in [2.05, 4.69) is 5.32 Å². The van der Waals surface area contributed by atoms with Crippen LogP contribution in [0.5, 0.6) is 5.75 Å². The number of urea groups is 1. The first-order valence-electron chi connectivity index (χ1n) is 10.8. The number of aliphatic hydroxyl groups excluding tert-OH is 1. The Morgan fingerprint density at radius 2 is 2.07 bits per heavy atom. The van der Waals surface area contributed by atoms with Gasteiger partial charge < -0.3 is 24.5 Å². The van der Waals surface area contributed by atoms with Crippen LogP contribution in [0.25, 0.3) is 11.0 Å². The van der Waals surface area contributed by atoms with Gasteiger partial charge in [-0.2, -0.15) is 0 Å². The van der Waals surface area contributed by atoms with Crippen molar-refractivity contribution in [3.8, 4) is 5.75 Å². The summed E-state index contributed by atoms with van der Waals surface area (Å²) in [5.74, 6) is 1.04. The van der Waals surface area contributed by atoms with Gasteiger partial charge in [-0.25, -0.2) is 4.79 Å². The molecule has 0 aliphatic heterocycles. The first-order chi connectivity index (χ1) is 14.5. The number of rotatable bonds is 8. The highest BCUT2D eigenvalue weighted by Gasteiger charge is 2.20. The molecule has 1 aromatic heterocycles. The predicted molar refractivity (Wildman–Crippen MR) is 116 cm³/mol. The van der Waals surface area contributed by atoms with Gasteiger partial charge in [0, 0.05) is 12.6 Å². The second-order valence-corrected chi connectivity index (χ2v) is 8.28. The summed E-state index contributed by atoms with van der Waals surface area (Å²) >= 11 is 0. The summed E-state index contributed by atoms with van der Waals surface area (Å²) in [5.41, 5.74) is 0.601. The third kappa shape index (κ3) is 5.53. The highest BCUT2D eigenvalue weighted by Crippen LogP contribution is 2.27. The molecule has 7 heteroatoms. The zero-order valence-electron chi connectivity index (χ0n) is 17.9. The number of ether oxygens (including phenoxy) is 1. The van der Waals surface area contributed by atoms with E-state index in [0.29, 0.717) is 34.8 Å². The van der Waals surface area contributed by atoms with Crippen LogP contribution < -0.4 is 15.5 Å². The number of hydrogen-bond acceptors (Lipinski definition) is 5. The molecule has 1 aromatic carbocycles. The molecule has 0 unspecified atom stereocenters. The standard InChI is InChI=1S/C23H32N2O5/c1-16(2)24-23(28)25(11-12-26)13-18-15-30-20-10-6-9-19(21(20)22(18)27)29-14-17-7-4-3-5-8-17/h6,9-10,15-17,26H,3-5,7-8,11-14H2,1-2H3,(H,24,28). The fourth-order valence-electron chi connectivity index (χ4n) is 3.89. The third-order valence-electron chi connectivity index (χ3n) is 5.46. The molecular weight excluding hydrogens is 384 g/mol. The van der Waals surface area contributed by atoms with Gasteiger partial charge >= 0.3 is 6.03 Å². The van der Waals surface area contributed by atoms with Crippen molar-refractivity contribution < 1.29 is 19.1 Å². The molecule has 7 nitrogen and oxygen atoms in total. The van der Waals surface area contributed by atoms with Gasteiger partial charge in [0.1, 0.15) is 16.7 Å². The second-order valence-electron chi connectivity index (χ2n) is 8.28. The maximum Gasteiger partial charge on any atom is 0.317 e. The normalized spacial score (nSPS) is 14.8. The minimum Gasteiger partial charge on any atom is -0.492 e. The van der Waals surface area contributed by atoms with Crippen molar-refractivity contribution in [2.24, 2.45) is 5.92 Å². The van der Waals surface area contributed by atoms with Gasteiger partial charge in [0.15, 0.2) is 0 Å². The van der Waals surface area contributed by atoms with Crippen LogP contribution in [-0.4, -0.2) is 41.8 Å². The van der Waals surface area contributed by atoms with Gasteiger partial charge in [-0.3, -0.25) is 4.79 Å². The number of aliphatic hydroxyl groups is 1. The molecule has 1 aliphatic carbocycles. The number of amides is 2. The quantitative estimate of drug-likeness (QED) is 0.685. The Hall–Kier alpha value is -2.54. The lowest BCUT2D eigenvalue weighted by Crippen LogP contribution is -2.44. The molecule has 2 aromatic rings. The van der Waals surface area contributed by atoms with Crippen LogP contribution in [0.4, 0.5) is 4.79 Å². The molecule has 0 spiro atoms. The van der Waals surface area contributed by atoms with Crippen molar-refractivity contribution in [2.75, 3.05) is 19.8 Å². The molecule has 164 valence electrons. The Balaban J connectivity index is 1.84. The van der Waals surface area contributed by atoms with Crippen molar-refractivity contribution >= 4 is 17.0 Å². The van der Waals surface area contributed by atoms with Crippen LogP contribution >= 0.6 is 0 Å². The van der Waals surface area contributed by atoms with Gasteiger partial charge in [-0.15, -0.1) is 0 Å². The zero-order valence-corrected chi connectivity index (χ0v) is 17.9. The first-order valence-corrected chi connectivity index (χ1v) is 10.8. The topological polar surface area (TPSA) is 92.0 Å². The molecule has 2 amide bonds. The predicted octanol–water partition coefficient (Wildman–Crippen LogP) is 3.66. The number of benzene rings is 1. The zero-order chi connectivity index (χ0) is 21.5. The van der Waals surface area contributed by atoms with E-state index in [4.69, 9.17) is 9.15 Å². The summed E-state index contributed by atoms with van der Waals surface area (Å²) in [5, 5.41) is 12.5. The Labute approximate surface area is 177 Å². The Bertz CT molecular complexity index is 902. The number of fused-ring (bicyclic) bond motifs is 1. The van der Waals surface area contributed by atoms with Gasteiger partial charge in [0.05, 0.1) is 31.6 Å². The van der Waals surface area contributed by atoms with E-state index in [1.807, 2.05) is 19.9 Å². The minimum absolute atomic E-state index is 0.0495. The maximum atomic E-state index is 13.2. The van der Waals surface area contributed by atoms with Crippen LogP contribution in [0.1, 0.15) is 51.5 Å². The van der Waals surface area contributed by atoms with Crippen molar-refractivity contribution in [1.82, 2.24) is 10.2 Å². The van der Waals surface area contributed by atoms with Crippen molar-refractivity contribution in [1.29, 1.82) is 0 Å². The molecule has 0 radical (unpaired) electrons. The Kier molecular flexibility index (Phi) is 7.74. The molecule has 1 saturated carbocycles. The second kappa shape index (κ2) is 10.5. The van der Waals surface area contributed by atoms with Crippen LogP contribution in [0.2, 0.25) is 0 Å². The van der Waals surface area contributed by atoms with E-state index in [-0.39, 0.29) is 37.2 Å². The molecule has 1 aliphatic rings. The van der Waals surface area contributed by atoms with Gasteiger partial charge in [-0.1, -0.05) is 25.3 Å². The van der Waals surface area contributed by atoms with E-state index in [1.54, 1.807) is 12.1 Å². The number of carbonyl (C=O) groups excluding carboxylic acids is 1. The molecule has 0 saturated heterocycles. The fraction of sp³-hybridized carbons (Fsp3) is 0.565. The molecule has 1 fully saturated rings. The van der Waals surface area contributed by atoms with E-state index >= 15 is 0 Å². The summed E-state index contributed by atoms with van der Waals surface area (Å²) in [6.45, 7) is 4.28. The van der Waals surface area contributed by atoms with Crippen molar-refractivity contribution in [2.45, 2.75) is 58.5 Å². The SMILES string of the molecule is CC(C)NC(=O)N(CCO)Cc1coc2cccc(OCC3CCCCC3)c2c1=O. The van der Waals surface area contributed by atoms with E-state index in [0.717, 1.165) is 12.8 Å². The number of nitrogens with one attached hydrogen (secondary N) is 1. The lowest BCUT2D eigenvalue weighted by atomic mass is 9.90. The summed E-state index contributed by atoms with van der Waals surface area (Å²) < 4.78 is 11.7. The third-order valence-corrected chi connectivity index (χ3v) is 5.46. The average molecular weight is 417 g/mol. The largest absolute Gasteiger partial charge is 0.492 e. The number of carbonyl (C=O) groups is 1. The lowest BCUT2D eigenvalue weighted by Gasteiger charge is -2.23. The Morgan fingerprint density at radius 1 is 1.30 bits per heavy atom. The summed E-state index contributed by atoms with van der Waals surface area (Å²) in [6, 6.07) is 4.97. The smallest absolute Gasteiger partial charge is 0.317 e.